The van der Waals surface area contributed by atoms with Crippen LogP contribution in [0.15, 0.2) is 219 Å². The van der Waals surface area contributed by atoms with Crippen LogP contribution in [0.3, 0.4) is 0 Å². The number of pyridine rings is 5. The number of nitrogens with zero attached hydrogens (tertiary/aromatic N) is 3. The maximum Gasteiger partial charge on any atom is 0.217 e. The zero-order valence-corrected chi connectivity index (χ0v) is 67.9. The van der Waals surface area contributed by atoms with E-state index in [0.717, 1.165) is 83.1 Å². The summed E-state index contributed by atoms with van der Waals surface area (Å²) in [6.45, 7) is 16.3. The second kappa shape index (κ2) is 49.8. The number of sulfone groups is 1. The highest BCUT2D eigenvalue weighted by atomic mass is 35.5. The first-order valence-corrected chi connectivity index (χ1v) is 39.9. The van der Waals surface area contributed by atoms with E-state index < -0.39 is 9.84 Å². The Morgan fingerprint density at radius 2 is 0.783 bits per heavy atom. The van der Waals surface area contributed by atoms with Crippen LogP contribution >= 0.6 is 81.5 Å². The minimum atomic E-state index is -3.49. The number of para-hydroxylation sites is 5. The van der Waals surface area contributed by atoms with Crippen molar-refractivity contribution in [3.63, 3.8) is 0 Å². The number of fused-ring (bicyclic) bond motifs is 5. The summed E-state index contributed by atoms with van der Waals surface area (Å²) in [5.74, 6) is 7.95. The average Bonchev–Trinajstić information content (AvgIpc) is 0.812. The van der Waals surface area contributed by atoms with Gasteiger partial charge < -0.3 is 47.9 Å². The Hall–Kier alpha value is -9.03. The van der Waals surface area contributed by atoms with Crippen molar-refractivity contribution >= 4 is 154 Å². The fourth-order valence-corrected chi connectivity index (χ4v) is 13.6. The Balaban J connectivity index is 0.000000722. The SMILES string of the molecule is C.C.C.C.C.C.CC(C)COc1cc(=O)c2cccc(Cl)c2[nH]1.CCS(=O)(=O)c1cc(OCc2ccc(OC)cc2)c2cccc(Cl)c2n1.CCSc1cc(=O)c2cccc(Cl)c2[nH]1.CCSc1cc(OCc2ccc(OC)cc2)c2cccc(Cl)c2n1.COc1ccc(COc2cc(OCC(C)C)nc3c(Cl)cccc23)cc1.[2HH].[B]. The Kier molecular flexibility index (Phi) is 44.2. The molecule has 115 heavy (non-hydrogen) atoms. The zero-order valence-electron chi connectivity index (χ0n) is 61.7. The molecule has 0 unspecified atom stereocenters. The molecule has 5 heterocycles. The summed E-state index contributed by atoms with van der Waals surface area (Å²) in [7, 11) is 1.43. The number of hydrogen-bond acceptors (Lipinski definition) is 17. The highest BCUT2D eigenvalue weighted by Crippen LogP contribution is 2.37. The number of H-pyrrole nitrogens is 2. The topological polar surface area (TPSA) is 212 Å². The van der Waals surface area contributed by atoms with Crippen molar-refractivity contribution in [1.82, 2.24) is 24.9 Å². The molecule has 0 fully saturated rings. The lowest BCUT2D eigenvalue weighted by Crippen LogP contribution is -2.09. The van der Waals surface area contributed by atoms with E-state index in [-0.39, 0.29) is 82.6 Å². The fourth-order valence-electron chi connectivity index (χ4n) is 10.3. The summed E-state index contributed by atoms with van der Waals surface area (Å²) < 4.78 is 69.4. The second-order valence-corrected chi connectivity index (χ2v) is 31.5. The number of aromatic nitrogens is 5. The van der Waals surface area contributed by atoms with E-state index in [4.69, 9.17) is 95.9 Å². The predicted octanol–water partition coefficient (Wildman–Crippen LogP) is 25.6. The third kappa shape index (κ3) is 28.7. The molecule has 0 saturated heterocycles. The van der Waals surface area contributed by atoms with Gasteiger partial charge in [0.25, 0.3) is 0 Å². The molecule has 5 aromatic heterocycles. The number of ether oxygens (including phenoxy) is 8. The lowest BCUT2D eigenvalue weighted by molar-refractivity contribution is 0.258. The Labute approximate surface area is 715 Å². The largest absolute Gasteiger partial charge is 0.497 e. The lowest BCUT2D eigenvalue weighted by Gasteiger charge is -2.14. The summed E-state index contributed by atoms with van der Waals surface area (Å²) >= 11 is 34.2. The van der Waals surface area contributed by atoms with Crippen molar-refractivity contribution < 1.29 is 47.7 Å². The summed E-state index contributed by atoms with van der Waals surface area (Å²) in [6, 6.07) is 58.7. The van der Waals surface area contributed by atoms with Crippen molar-refractivity contribution in [2.45, 2.75) is 128 Å². The van der Waals surface area contributed by atoms with Crippen LogP contribution in [0.5, 0.6) is 46.3 Å². The van der Waals surface area contributed by atoms with Gasteiger partial charge in [0.1, 0.15) is 59.3 Å². The molecule has 2 N–H and O–H groups in total. The van der Waals surface area contributed by atoms with Crippen molar-refractivity contribution in [3.8, 4) is 46.3 Å². The van der Waals surface area contributed by atoms with Gasteiger partial charge in [-0.25, -0.2) is 23.4 Å². The number of rotatable bonds is 24. The molecule has 0 spiro atoms. The van der Waals surface area contributed by atoms with Crippen LogP contribution in [0.1, 0.15) is 111 Å². The van der Waals surface area contributed by atoms with Gasteiger partial charge in [0, 0.05) is 67.1 Å². The molecule has 0 saturated carbocycles. The van der Waals surface area contributed by atoms with Crippen molar-refractivity contribution in [1.29, 1.82) is 0 Å². The van der Waals surface area contributed by atoms with Gasteiger partial charge in [-0.2, -0.15) is 0 Å². The standard InChI is InChI=1S/C21H22ClNO3.C19H18ClNO4S.C19H18ClNO2S.C13H14ClNO2.C11H10ClNOS.6CH4.B.H2/c1-14(2)12-26-20-11-19(17-5-4-6-18(22)21(17)23-20)25-13-15-7-9-16(24-3)10-8-15;1-3-26(22,23)18-11-17(15-5-4-6-16(20)19(15)21-18)25-12-13-7-9-14(24-2)10-8-13;1-3-24-18-11-17(15-5-4-6-16(20)19(15)21-18)23-12-13-7-9-14(22-2)10-8-13;1-8(2)7-17-12-6-11(16)9-4-3-5-10(14)13(9)15-12;1-2-15-10-6-9(14)7-4-3-5-8(12)11(7)13-10;;;;;;;;/h4-11,14H,12-13H2,1-3H3;4-11H,3,12H2,1-2H3;4-11H,3,12H2,1-2H3;3-6,8H,7H2,1-2H3,(H,15,16);3-6H,2H2,1H3,(H,13,14);6*1H4;;1H/i;;;;;;;;;;;;1+1. The second-order valence-electron chi connectivity index (χ2n) is 24.7. The maximum atomic E-state index is 12.3. The average molecular weight is 1730 g/mol. The quantitative estimate of drug-likeness (QED) is 0.0425. The molecule has 26 heteroatoms. The molecular formula is C89H108BCl5N5O12S3. The van der Waals surface area contributed by atoms with E-state index in [1.807, 2.05) is 142 Å². The van der Waals surface area contributed by atoms with Crippen LogP contribution in [0.2, 0.25) is 25.1 Å². The molecule has 0 aliphatic heterocycles. The van der Waals surface area contributed by atoms with E-state index in [2.05, 4.69) is 45.7 Å². The van der Waals surface area contributed by atoms with E-state index in [1.165, 1.54) is 12.1 Å². The maximum absolute atomic E-state index is 12.3. The number of aromatic amines is 2. The van der Waals surface area contributed by atoms with Gasteiger partial charge in [0.05, 0.1) is 98.0 Å². The normalized spacial score (nSPS) is 10.4. The van der Waals surface area contributed by atoms with Gasteiger partial charge in [-0.1, -0.05) is 218 Å². The first kappa shape index (κ1) is 102. The number of halogens is 5. The molecule has 13 rings (SSSR count). The van der Waals surface area contributed by atoms with Gasteiger partial charge in [-0.15, -0.1) is 23.5 Å². The van der Waals surface area contributed by atoms with E-state index in [1.54, 1.807) is 112 Å². The van der Waals surface area contributed by atoms with Gasteiger partial charge in [-0.05, 0) is 137 Å². The predicted molar refractivity (Wildman–Crippen MR) is 491 cm³/mol. The first-order valence-electron chi connectivity index (χ1n) is 34.4. The zero-order chi connectivity index (χ0) is 77.4. The molecule has 617 valence electrons. The van der Waals surface area contributed by atoms with E-state index in [9.17, 15) is 18.0 Å². The van der Waals surface area contributed by atoms with Gasteiger partial charge in [0.2, 0.25) is 5.88 Å². The van der Waals surface area contributed by atoms with E-state index in [0.29, 0.717) is 119 Å². The number of benzene rings is 8. The highest BCUT2D eigenvalue weighted by molar-refractivity contribution is 7.99. The number of nitrogens with one attached hydrogen (secondary N) is 2. The summed E-state index contributed by atoms with van der Waals surface area (Å²) in [4.78, 5) is 43.2. The molecule has 3 radical (unpaired) electrons. The molecule has 13 aromatic rings. The molecule has 0 aliphatic carbocycles. The third-order valence-corrected chi connectivity index (χ3v) is 20.6. The minimum absolute atomic E-state index is 0. The highest BCUT2D eigenvalue weighted by Gasteiger charge is 2.20. The third-order valence-electron chi connectivity index (χ3n) is 15.9. The van der Waals surface area contributed by atoms with Crippen molar-refractivity contribution in [3.05, 3.63) is 256 Å². The lowest BCUT2D eigenvalue weighted by atomic mass is 10.2. The Morgan fingerprint density at radius 1 is 0.417 bits per heavy atom. The van der Waals surface area contributed by atoms with Crippen LogP contribution in [-0.2, 0) is 29.7 Å². The first-order chi connectivity index (χ1) is 52.0. The van der Waals surface area contributed by atoms with Crippen LogP contribution in [0, 0.1) is 11.8 Å². The Bertz CT molecular complexity index is 5450. The van der Waals surface area contributed by atoms with E-state index >= 15 is 0 Å². The van der Waals surface area contributed by atoms with Gasteiger partial charge in [-0.3, -0.25) is 9.59 Å². The molecule has 0 bridgehead atoms. The van der Waals surface area contributed by atoms with Crippen LogP contribution < -0.4 is 48.8 Å². The number of hydrogen-bond donors (Lipinski definition) is 2. The van der Waals surface area contributed by atoms with Crippen molar-refractivity contribution in [2.24, 2.45) is 11.8 Å². The molecular weight excluding hydrogens is 1620 g/mol. The molecule has 0 atom stereocenters. The van der Waals surface area contributed by atoms with Crippen LogP contribution in [0.4, 0.5) is 0 Å². The number of thioether (sulfide) groups is 2. The number of methoxy groups -OCH3 is 3. The van der Waals surface area contributed by atoms with Gasteiger partial charge in [0.15, 0.2) is 31.6 Å². The molecule has 17 nitrogen and oxygen atoms in total. The Morgan fingerprint density at radius 3 is 1.19 bits per heavy atom. The summed E-state index contributed by atoms with van der Waals surface area (Å²) in [5, 5.41) is 8.13. The van der Waals surface area contributed by atoms with Crippen LogP contribution in [-0.4, -0.2) is 93.6 Å². The monoisotopic (exact) mass is 1720 g/mol. The molecule has 8 aromatic carbocycles. The smallest absolute Gasteiger partial charge is 0.217 e. The van der Waals surface area contributed by atoms with Gasteiger partial charge >= 0.3 is 0 Å². The van der Waals surface area contributed by atoms with Crippen molar-refractivity contribution in [2.75, 3.05) is 51.8 Å². The molecule has 0 amide bonds. The molecule has 0 aliphatic rings. The minimum Gasteiger partial charge on any atom is -0.497 e. The summed E-state index contributed by atoms with van der Waals surface area (Å²) in [5.41, 5.74) is 6.20. The summed E-state index contributed by atoms with van der Waals surface area (Å²) in [6.07, 6.45) is 0. The fraction of sp³-hybridized carbons (Fsp3) is 0.292. The van der Waals surface area contributed by atoms with Crippen LogP contribution in [0.25, 0.3) is 54.5 Å².